The molecule has 1 aliphatic heterocycles. The maximum absolute atomic E-state index is 12.4. The lowest BCUT2D eigenvalue weighted by Crippen LogP contribution is -2.36. The van der Waals surface area contributed by atoms with E-state index in [4.69, 9.17) is 25.5 Å². The van der Waals surface area contributed by atoms with Gasteiger partial charge in [-0.3, -0.25) is 4.79 Å². The number of ether oxygens (including phenoxy) is 2. The number of carbonyl (C=O) groups is 1. The minimum absolute atomic E-state index is 0.0446. The monoisotopic (exact) mass is 440 g/mol. The quantitative estimate of drug-likeness (QED) is 0.571. The van der Waals surface area contributed by atoms with Crippen LogP contribution in [0.4, 0.5) is 0 Å². The van der Waals surface area contributed by atoms with E-state index in [0.29, 0.717) is 49.3 Å². The first-order valence-corrected chi connectivity index (χ1v) is 10.7. The lowest BCUT2D eigenvalue weighted by molar-refractivity contribution is -0.121. The lowest BCUT2D eigenvalue weighted by Gasteiger charge is -2.27. The highest BCUT2D eigenvalue weighted by Crippen LogP contribution is 2.35. The maximum atomic E-state index is 12.4. The Morgan fingerprint density at radius 1 is 1.10 bits per heavy atom. The molecule has 0 saturated carbocycles. The van der Waals surface area contributed by atoms with Crippen LogP contribution in [0.15, 0.2) is 53.1 Å². The number of aromatic nitrogens is 1. The second kappa shape index (κ2) is 9.02. The van der Waals surface area contributed by atoms with Gasteiger partial charge in [0.15, 0.2) is 23.1 Å². The van der Waals surface area contributed by atoms with Crippen molar-refractivity contribution in [2.75, 3.05) is 19.8 Å². The highest BCUT2D eigenvalue weighted by molar-refractivity contribution is 6.30. The van der Waals surface area contributed by atoms with Crippen molar-refractivity contribution in [2.24, 2.45) is 0 Å². The summed E-state index contributed by atoms with van der Waals surface area (Å²) in [5.41, 5.74) is 1.72. The molecule has 4 rings (SSSR count). The summed E-state index contributed by atoms with van der Waals surface area (Å²) in [5, 5.41) is 3.69. The Hall–Kier alpha value is -2.99. The Morgan fingerprint density at radius 2 is 1.84 bits per heavy atom. The second-order valence-electron chi connectivity index (χ2n) is 8.14. The van der Waals surface area contributed by atoms with E-state index in [-0.39, 0.29) is 11.3 Å². The summed E-state index contributed by atoms with van der Waals surface area (Å²) in [6.07, 6.45) is 2.41. The third-order valence-corrected chi connectivity index (χ3v) is 5.55. The van der Waals surface area contributed by atoms with Crippen LogP contribution in [0.5, 0.6) is 11.5 Å². The summed E-state index contributed by atoms with van der Waals surface area (Å²) in [5.74, 6) is 2.66. The predicted molar refractivity (Wildman–Crippen MR) is 119 cm³/mol. The summed E-state index contributed by atoms with van der Waals surface area (Å²) in [4.78, 5) is 16.7. The average molecular weight is 441 g/mol. The van der Waals surface area contributed by atoms with Crippen LogP contribution in [0.1, 0.15) is 31.7 Å². The first-order chi connectivity index (χ1) is 14.9. The molecule has 2 aromatic carbocycles. The number of carbonyl (C=O) groups excluding carboxylic acids is 1. The van der Waals surface area contributed by atoms with E-state index in [2.05, 4.69) is 24.1 Å². The Labute approximate surface area is 186 Å². The molecular formula is C24H25ClN2O4. The van der Waals surface area contributed by atoms with Crippen LogP contribution in [0.2, 0.25) is 5.02 Å². The van der Waals surface area contributed by atoms with E-state index >= 15 is 0 Å². The zero-order valence-electron chi connectivity index (χ0n) is 17.6. The van der Waals surface area contributed by atoms with Gasteiger partial charge in [-0.25, -0.2) is 4.98 Å². The van der Waals surface area contributed by atoms with Gasteiger partial charge >= 0.3 is 0 Å². The molecule has 162 valence electrons. The second-order valence-corrected chi connectivity index (χ2v) is 8.58. The van der Waals surface area contributed by atoms with Crippen molar-refractivity contribution in [3.8, 4) is 22.8 Å². The Morgan fingerprint density at radius 3 is 2.61 bits per heavy atom. The first kappa shape index (κ1) is 21.2. The lowest BCUT2D eigenvalue weighted by atomic mass is 9.84. The fourth-order valence-corrected chi connectivity index (χ4v) is 3.49. The third-order valence-electron chi connectivity index (χ3n) is 5.30. The molecule has 0 radical (unpaired) electrons. The van der Waals surface area contributed by atoms with Crippen molar-refractivity contribution in [2.45, 2.75) is 32.1 Å². The molecule has 0 fully saturated rings. The van der Waals surface area contributed by atoms with Crippen LogP contribution in [0.3, 0.4) is 0 Å². The normalized spacial score (nSPS) is 13.1. The van der Waals surface area contributed by atoms with Gasteiger partial charge in [0, 0.05) is 35.4 Å². The molecule has 6 nitrogen and oxygen atoms in total. The third kappa shape index (κ3) is 5.20. The number of oxazole rings is 1. The summed E-state index contributed by atoms with van der Waals surface area (Å²) < 4.78 is 17.0. The Kier molecular flexibility index (Phi) is 6.18. The van der Waals surface area contributed by atoms with Crippen molar-refractivity contribution >= 4 is 17.5 Å². The summed E-state index contributed by atoms with van der Waals surface area (Å²) in [7, 11) is 0. The van der Waals surface area contributed by atoms with Crippen molar-refractivity contribution in [3.63, 3.8) is 0 Å². The predicted octanol–water partition coefficient (Wildman–Crippen LogP) is 4.79. The van der Waals surface area contributed by atoms with Gasteiger partial charge in [0.1, 0.15) is 13.2 Å². The molecule has 1 N–H and O–H groups in total. The van der Waals surface area contributed by atoms with Crippen LogP contribution in [-0.4, -0.2) is 30.6 Å². The topological polar surface area (TPSA) is 73.6 Å². The molecule has 0 bridgehead atoms. The molecule has 0 aliphatic carbocycles. The molecule has 7 heteroatoms. The zero-order valence-corrected chi connectivity index (χ0v) is 18.4. The molecule has 1 aromatic heterocycles. The number of amides is 1. The van der Waals surface area contributed by atoms with Crippen LogP contribution >= 0.6 is 11.6 Å². The van der Waals surface area contributed by atoms with Crippen molar-refractivity contribution < 1.29 is 18.7 Å². The molecule has 0 saturated heterocycles. The van der Waals surface area contributed by atoms with E-state index in [1.807, 2.05) is 30.3 Å². The summed E-state index contributed by atoms with van der Waals surface area (Å²) in [6.45, 7) is 5.80. The van der Waals surface area contributed by atoms with Crippen LogP contribution in [0.25, 0.3) is 11.3 Å². The number of aryl methyl sites for hydroxylation is 1. The van der Waals surface area contributed by atoms with Crippen LogP contribution < -0.4 is 14.8 Å². The van der Waals surface area contributed by atoms with E-state index in [1.165, 1.54) is 0 Å². The fraction of sp³-hybridized carbons (Fsp3) is 0.333. The van der Waals surface area contributed by atoms with E-state index < -0.39 is 0 Å². The molecule has 0 atom stereocenters. The Balaban J connectivity index is 1.29. The van der Waals surface area contributed by atoms with E-state index in [9.17, 15) is 4.79 Å². The minimum Gasteiger partial charge on any atom is -0.486 e. The zero-order chi connectivity index (χ0) is 21.8. The number of rotatable bonds is 7. The van der Waals surface area contributed by atoms with Gasteiger partial charge in [0.25, 0.3) is 0 Å². The van der Waals surface area contributed by atoms with Crippen LogP contribution in [-0.2, 0) is 16.6 Å². The van der Waals surface area contributed by atoms with Crippen LogP contribution in [0, 0.1) is 0 Å². The number of nitrogens with one attached hydrogen (secondary N) is 1. The molecular weight excluding hydrogens is 416 g/mol. The summed E-state index contributed by atoms with van der Waals surface area (Å²) >= 11 is 5.92. The minimum atomic E-state index is -0.254. The fourth-order valence-electron chi connectivity index (χ4n) is 3.37. The first-order valence-electron chi connectivity index (χ1n) is 10.3. The average Bonchev–Trinajstić information content (AvgIpc) is 3.25. The van der Waals surface area contributed by atoms with Crippen molar-refractivity contribution in [1.29, 1.82) is 0 Å². The number of hydrogen-bond acceptors (Lipinski definition) is 5. The largest absolute Gasteiger partial charge is 0.486 e. The molecule has 31 heavy (non-hydrogen) atoms. The smallest absolute Gasteiger partial charge is 0.220 e. The number of halogens is 1. The number of nitrogens with zero attached hydrogens (tertiary/aromatic N) is 1. The van der Waals surface area contributed by atoms with Gasteiger partial charge in [-0.1, -0.05) is 31.5 Å². The van der Waals surface area contributed by atoms with Gasteiger partial charge in [-0.2, -0.15) is 0 Å². The maximum Gasteiger partial charge on any atom is 0.220 e. The van der Waals surface area contributed by atoms with Gasteiger partial charge in [-0.05, 0) is 42.0 Å². The molecule has 3 aromatic rings. The van der Waals surface area contributed by atoms with E-state index in [0.717, 1.165) is 22.6 Å². The van der Waals surface area contributed by atoms with E-state index in [1.54, 1.807) is 18.3 Å². The number of benzene rings is 2. The van der Waals surface area contributed by atoms with Gasteiger partial charge in [0.2, 0.25) is 5.91 Å². The molecule has 1 aliphatic rings. The summed E-state index contributed by atoms with van der Waals surface area (Å²) in [6, 6.07) is 13.3. The number of fused-ring (bicyclic) bond motifs is 1. The molecule has 0 spiro atoms. The molecule has 1 amide bonds. The van der Waals surface area contributed by atoms with Gasteiger partial charge in [-0.15, -0.1) is 0 Å². The molecule has 0 unspecified atom stereocenters. The number of hydrogen-bond donors (Lipinski definition) is 1. The molecule has 2 heterocycles. The van der Waals surface area contributed by atoms with Gasteiger partial charge < -0.3 is 19.2 Å². The van der Waals surface area contributed by atoms with Crippen molar-refractivity contribution in [3.05, 3.63) is 65.1 Å². The van der Waals surface area contributed by atoms with Gasteiger partial charge in [0.05, 0.1) is 6.20 Å². The Bertz CT molecular complexity index is 1060. The standard InChI is InChI=1S/C24H25ClN2O4/c1-24(2,17-5-8-19-20(13-17)30-12-11-29-19)15-27-22(28)9-10-23-26-14-21(31-23)16-3-6-18(25)7-4-16/h3-8,13-14H,9-12,15H2,1-2H3,(H,27,28). The highest BCUT2D eigenvalue weighted by Gasteiger charge is 2.24. The highest BCUT2D eigenvalue weighted by atomic mass is 35.5. The SMILES string of the molecule is CC(C)(CNC(=O)CCc1ncc(-c2ccc(Cl)cc2)o1)c1ccc2c(c1)OCCO2. The van der Waals surface area contributed by atoms with Crippen molar-refractivity contribution in [1.82, 2.24) is 10.3 Å².